The summed E-state index contributed by atoms with van der Waals surface area (Å²) in [6.07, 6.45) is -0.0488. The maximum absolute atomic E-state index is 11.7. The zero-order valence-electron chi connectivity index (χ0n) is 14.5. The molecular formula is C17H19Cl2N3O4. The van der Waals surface area contributed by atoms with E-state index in [1.807, 2.05) is 13.8 Å². The number of H-pyrrole nitrogens is 1. The number of benzene rings is 1. The van der Waals surface area contributed by atoms with Crippen LogP contribution in [0.2, 0.25) is 10.0 Å². The van der Waals surface area contributed by atoms with Gasteiger partial charge < -0.3 is 15.2 Å². The van der Waals surface area contributed by atoms with Crippen LogP contribution in [0.4, 0.5) is 5.69 Å². The van der Waals surface area contributed by atoms with Gasteiger partial charge in [0.15, 0.2) is 5.75 Å². The van der Waals surface area contributed by atoms with Crippen molar-refractivity contribution in [1.82, 2.24) is 10.2 Å². The fourth-order valence-corrected chi connectivity index (χ4v) is 2.89. The van der Waals surface area contributed by atoms with Crippen molar-refractivity contribution in [2.45, 2.75) is 39.2 Å². The first-order valence-electron chi connectivity index (χ1n) is 7.92. The molecule has 0 fully saturated rings. The number of carboxylic acid groups (broad SMARTS) is 1. The second-order valence-corrected chi connectivity index (χ2v) is 6.97. The second-order valence-electron chi connectivity index (χ2n) is 6.16. The minimum Gasteiger partial charge on any atom is -0.481 e. The van der Waals surface area contributed by atoms with E-state index in [1.54, 1.807) is 19.1 Å². The van der Waals surface area contributed by atoms with Crippen LogP contribution in [0.3, 0.4) is 0 Å². The number of aromatic amines is 1. The number of halogens is 2. The molecule has 0 bridgehead atoms. The number of aliphatic carboxylic acids is 1. The number of nitrogens with zero attached hydrogens (tertiary/aromatic N) is 1. The SMILES string of the molecule is CC(CC(=O)O)Nc1cc(Cl)c(Oc2cc(C(C)C)c(=O)[nH]n2)c(Cl)c1. The van der Waals surface area contributed by atoms with E-state index < -0.39 is 5.97 Å². The van der Waals surface area contributed by atoms with Gasteiger partial charge in [-0.15, -0.1) is 5.10 Å². The lowest BCUT2D eigenvalue weighted by atomic mass is 10.1. The van der Waals surface area contributed by atoms with Gasteiger partial charge in [-0.25, -0.2) is 5.10 Å². The molecule has 0 amide bonds. The van der Waals surface area contributed by atoms with Crippen LogP contribution in [0.15, 0.2) is 23.0 Å². The summed E-state index contributed by atoms with van der Waals surface area (Å²) in [5, 5.41) is 18.5. The van der Waals surface area contributed by atoms with Crippen LogP contribution in [0.5, 0.6) is 11.6 Å². The van der Waals surface area contributed by atoms with Gasteiger partial charge in [0.2, 0.25) is 5.88 Å². The number of hydrogen-bond donors (Lipinski definition) is 3. The first-order chi connectivity index (χ1) is 12.2. The second kappa shape index (κ2) is 8.42. The highest BCUT2D eigenvalue weighted by molar-refractivity contribution is 6.37. The fourth-order valence-electron chi connectivity index (χ4n) is 2.33. The quantitative estimate of drug-likeness (QED) is 0.641. The molecule has 1 unspecified atom stereocenters. The van der Waals surface area contributed by atoms with Crippen LogP contribution in [0, 0.1) is 0 Å². The Kier molecular flexibility index (Phi) is 6.50. The molecule has 1 aromatic heterocycles. The summed E-state index contributed by atoms with van der Waals surface area (Å²) < 4.78 is 5.64. The van der Waals surface area contributed by atoms with Crippen molar-refractivity contribution in [1.29, 1.82) is 0 Å². The van der Waals surface area contributed by atoms with Crippen molar-refractivity contribution in [2.24, 2.45) is 0 Å². The summed E-state index contributed by atoms with van der Waals surface area (Å²) in [5.74, 6) is -0.555. The summed E-state index contributed by atoms with van der Waals surface area (Å²) in [6, 6.07) is 4.39. The molecule has 26 heavy (non-hydrogen) atoms. The van der Waals surface area contributed by atoms with Crippen LogP contribution >= 0.6 is 23.2 Å². The molecule has 0 spiro atoms. The Morgan fingerprint density at radius 3 is 2.42 bits per heavy atom. The van der Waals surface area contributed by atoms with E-state index in [2.05, 4.69) is 15.5 Å². The third-order valence-electron chi connectivity index (χ3n) is 3.53. The van der Waals surface area contributed by atoms with Crippen molar-refractivity contribution in [3.05, 3.63) is 44.2 Å². The lowest BCUT2D eigenvalue weighted by molar-refractivity contribution is -0.137. The number of anilines is 1. The zero-order valence-corrected chi connectivity index (χ0v) is 16.0. The molecule has 1 atom stereocenters. The molecule has 0 saturated heterocycles. The molecule has 140 valence electrons. The fraction of sp³-hybridized carbons (Fsp3) is 0.353. The normalized spacial score (nSPS) is 12.1. The highest BCUT2D eigenvalue weighted by Gasteiger charge is 2.15. The largest absolute Gasteiger partial charge is 0.481 e. The number of carbonyl (C=O) groups is 1. The molecule has 1 aromatic carbocycles. The Labute approximate surface area is 160 Å². The number of carboxylic acids is 1. The predicted molar refractivity (Wildman–Crippen MR) is 101 cm³/mol. The van der Waals surface area contributed by atoms with Gasteiger partial charge in [-0.05, 0) is 25.0 Å². The van der Waals surface area contributed by atoms with Crippen molar-refractivity contribution >= 4 is 34.9 Å². The Hall–Kier alpha value is -2.25. The van der Waals surface area contributed by atoms with Gasteiger partial charge in [-0.1, -0.05) is 37.0 Å². The first kappa shape index (κ1) is 20.1. The summed E-state index contributed by atoms with van der Waals surface area (Å²) in [4.78, 5) is 22.5. The van der Waals surface area contributed by atoms with Gasteiger partial charge in [0, 0.05) is 23.4 Å². The van der Waals surface area contributed by atoms with Crippen LogP contribution in [0.1, 0.15) is 38.7 Å². The van der Waals surface area contributed by atoms with Crippen LogP contribution in [-0.2, 0) is 4.79 Å². The minimum absolute atomic E-state index is 0.00246. The number of nitrogens with one attached hydrogen (secondary N) is 2. The zero-order chi connectivity index (χ0) is 19.4. The number of ether oxygens (including phenoxy) is 1. The van der Waals surface area contributed by atoms with Gasteiger partial charge in [-0.3, -0.25) is 9.59 Å². The Bertz CT molecular complexity index is 844. The van der Waals surface area contributed by atoms with Gasteiger partial charge in [0.25, 0.3) is 5.56 Å². The third-order valence-corrected chi connectivity index (χ3v) is 4.09. The predicted octanol–water partition coefficient (Wildman–Crippen LogP) is 4.27. The molecule has 0 saturated carbocycles. The lowest BCUT2D eigenvalue weighted by Gasteiger charge is -2.16. The van der Waals surface area contributed by atoms with Crippen LogP contribution < -0.4 is 15.6 Å². The number of hydrogen-bond acceptors (Lipinski definition) is 5. The monoisotopic (exact) mass is 399 g/mol. The molecule has 0 aliphatic carbocycles. The number of rotatable bonds is 7. The van der Waals surface area contributed by atoms with Gasteiger partial charge in [-0.2, -0.15) is 0 Å². The molecule has 2 rings (SSSR count). The van der Waals surface area contributed by atoms with E-state index in [4.69, 9.17) is 33.0 Å². The number of aromatic nitrogens is 2. The highest BCUT2D eigenvalue weighted by atomic mass is 35.5. The Morgan fingerprint density at radius 1 is 1.27 bits per heavy atom. The lowest BCUT2D eigenvalue weighted by Crippen LogP contribution is -2.19. The van der Waals surface area contributed by atoms with Crippen molar-refractivity contribution in [2.75, 3.05) is 5.32 Å². The van der Waals surface area contributed by atoms with E-state index in [1.165, 1.54) is 6.07 Å². The Morgan fingerprint density at radius 2 is 1.88 bits per heavy atom. The summed E-state index contributed by atoms with van der Waals surface area (Å²) in [5.41, 5.74) is 0.818. The summed E-state index contributed by atoms with van der Waals surface area (Å²) >= 11 is 12.5. The van der Waals surface area contributed by atoms with E-state index in [9.17, 15) is 9.59 Å². The average Bonchev–Trinajstić information content (AvgIpc) is 2.51. The molecule has 7 nitrogen and oxygen atoms in total. The molecule has 2 aromatic rings. The molecule has 0 aliphatic heterocycles. The van der Waals surface area contributed by atoms with Crippen LogP contribution in [0.25, 0.3) is 0 Å². The minimum atomic E-state index is -0.910. The van der Waals surface area contributed by atoms with Crippen molar-refractivity contribution < 1.29 is 14.6 Å². The maximum atomic E-state index is 11.7. The highest BCUT2D eigenvalue weighted by Crippen LogP contribution is 2.38. The van der Waals surface area contributed by atoms with E-state index in [0.29, 0.717) is 11.3 Å². The van der Waals surface area contributed by atoms with Crippen molar-refractivity contribution in [3.8, 4) is 11.6 Å². The first-order valence-corrected chi connectivity index (χ1v) is 8.67. The smallest absolute Gasteiger partial charge is 0.305 e. The molecule has 9 heteroatoms. The molecule has 3 N–H and O–H groups in total. The standard InChI is InChI=1S/C17H19Cl2N3O4/c1-8(2)11-7-14(21-22-17(11)25)26-16-12(18)5-10(6-13(16)19)20-9(3)4-15(23)24/h5-9,20H,4H2,1-3H3,(H,22,25)(H,23,24). The third kappa shape index (κ3) is 5.12. The van der Waals surface area contributed by atoms with Crippen LogP contribution in [-0.4, -0.2) is 27.3 Å². The van der Waals surface area contributed by atoms with Gasteiger partial charge in [0.05, 0.1) is 16.5 Å². The maximum Gasteiger partial charge on any atom is 0.305 e. The van der Waals surface area contributed by atoms with E-state index in [-0.39, 0.29) is 45.6 Å². The molecule has 0 radical (unpaired) electrons. The molecule has 0 aliphatic rings. The van der Waals surface area contributed by atoms with E-state index in [0.717, 1.165) is 0 Å². The Balaban J connectivity index is 2.25. The van der Waals surface area contributed by atoms with Gasteiger partial charge >= 0.3 is 5.97 Å². The topological polar surface area (TPSA) is 104 Å². The van der Waals surface area contributed by atoms with Crippen molar-refractivity contribution in [3.63, 3.8) is 0 Å². The molecule has 1 heterocycles. The van der Waals surface area contributed by atoms with Gasteiger partial charge in [0.1, 0.15) is 0 Å². The van der Waals surface area contributed by atoms with E-state index >= 15 is 0 Å². The average molecular weight is 400 g/mol. The summed E-state index contributed by atoms with van der Waals surface area (Å²) in [7, 11) is 0. The molecular weight excluding hydrogens is 381 g/mol. The summed E-state index contributed by atoms with van der Waals surface area (Å²) in [6.45, 7) is 5.50.